The van der Waals surface area contributed by atoms with E-state index >= 15 is 0 Å². The second-order valence-corrected chi connectivity index (χ2v) is 4.41. The maximum Gasteiger partial charge on any atom is 0.312 e. The van der Waals surface area contributed by atoms with Crippen LogP contribution in [0.15, 0.2) is 30.3 Å². The zero-order chi connectivity index (χ0) is 11.6. The predicted molar refractivity (Wildman–Crippen MR) is 59.1 cm³/mol. The van der Waals surface area contributed by atoms with Gasteiger partial charge in [0, 0.05) is 12.0 Å². The van der Waals surface area contributed by atoms with Gasteiger partial charge in [-0.2, -0.15) is 0 Å². The summed E-state index contributed by atoms with van der Waals surface area (Å²) in [6.07, 6.45) is 0.861. The van der Waals surface area contributed by atoms with Crippen molar-refractivity contribution in [3.8, 4) is 0 Å². The lowest BCUT2D eigenvalue weighted by molar-refractivity contribution is -0.145. The highest BCUT2D eigenvalue weighted by Crippen LogP contribution is 2.34. The summed E-state index contributed by atoms with van der Waals surface area (Å²) >= 11 is 0. The molecule has 0 aromatic heterocycles. The van der Waals surface area contributed by atoms with Crippen molar-refractivity contribution >= 4 is 11.8 Å². The van der Waals surface area contributed by atoms with Crippen LogP contribution in [-0.4, -0.2) is 18.4 Å². The molecule has 1 aliphatic rings. The number of hydrogen-bond acceptors (Lipinski definition) is 3. The standard InChI is InChI=1S/C13H14O3/c1-13(7-8-16-12(13)15)9-11(14)10-5-3-2-4-6-10/h2-6H,7-9H2,1H3. The second kappa shape index (κ2) is 4.08. The quantitative estimate of drug-likeness (QED) is 0.577. The van der Waals surface area contributed by atoms with E-state index in [0.717, 1.165) is 0 Å². The van der Waals surface area contributed by atoms with Gasteiger partial charge in [0.2, 0.25) is 0 Å². The predicted octanol–water partition coefficient (Wildman–Crippen LogP) is 2.21. The van der Waals surface area contributed by atoms with Crippen LogP contribution in [0.1, 0.15) is 30.1 Å². The third-order valence-corrected chi connectivity index (χ3v) is 3.03. The lowest BCUT2D eigenvalue weighted by Crippen LogP contribution is -2.25. The lowest BCUT2D eigenvalue weighted by Gasteiger charge is -2.17. The Labute approximate surface area is 94.4 Å². The fraction of sp³-hybridized carbons (Fsp3) is 0.385. The highest BCUT2D eigenvalue weighted by Gasteiger charge is 2.41. The van der Waals surface area contributed by atoms with Gasteiger partial charge >= 0.3 is 5.97 Å². The van der Waals surface area contributed by atoms with Crippen molar-refractivity contribution in [3.63, 3.8) is 0 Å². The molecule has 1 heterocycles. The number of Topliss-reactive ketones (excluding diaryl/α,β-unsaturated/α-hetero) is 1. The number of ketones is 1. The first kappa shape index (κ1) is 10.9. The van der Waals surface area contributed by atoms with Crippen LogP contribution in [-0.2, 0) is 9.53 Å². The van der Waals surface area contributed by atoms with E-state index in [0.29, 0.717) is 18.6 Å². The summed E-state index contributed by atoms with van der Waals surface area (Å²) in [5, 5.41) is 0. The average Bonchev–Trinajstić information content (AvgIpc) is 2.60. The number of cyclic esters (lactones) is 1. The fourth-order valence-electron chi connectivity index (χ4n) is 1.89. The Morgan fingerprint density at radius 3 is 2.62 bits per heavy atom. The molecular formula is C13H14O3. The molecule has 0 radical (unpaired) electrons. The molecular weight excluding hydrogens is 204 g/mol. The first-order valence-electron chi connectivity index (χ1n) is 5.37. The molecule has 1 saturated heterocycles. The van der Waals surface area contributed by atoms with Crippen molar-refractivity contribution in [2.75, 3.05) is 6.61 Å². The zero-order valence-electron chi connectivity index (χ0n) is 9.23. The van der Waals surface area contributed by atoms with Crippen LogP contribution < -0.4 is 0 Å². The maximum absolute atomic E-state index is 11.9. The molecule has 2 rings (SSSR count). The summed E-state index contributed by atoms with van der Waals surface area (Å²) in [4.78, 5) is 23.4. The van der Waals surface area contributed by atoms with Gasteiger partial charge in [-0.15, -0.1) is 0 Å². The molecule has 0 aliphatic carbocycles. The topological polar surface area (TPSA) is 43.4 Å². The van der Waals surface area contributed by atoms with E-state index in [1.165, 1.54) is 0 Å². The van der Waals surface area contributed by atoms with E-state index < -0.39 is 5.41 Å². The smallest absolute Gasteiger partial charge is 0.312 e. The number of esters is 1. The van der Waals surface area contributed by atoms with Crippen LogP contribution in [0.2, 0.25) is 0 Å². The molecule has 0 N–H and O–H groups in total. The third kappa shape index (κ3) is 1.98. The Hall–Kier alpha value is -1.64. The monoisotopic (exact) mass is 218 g/mol. The summed E-state index contributed by atoms with van der Waals surface area (Å²) in [6.45, 7) is 2.22. The molecule has 1 aromatic rings. The minimum Gasteiger partial charge on any atom is -0.465 e. The minimum absolute atomic E-state index is 0.00181. The summed E-state index contributed by atoms with van der Waals surface area (Å²) in [6, 6.07) is 9.05. The minimum atomic E-state index is -0.632. The van der Waals surface area contributed by atoms with Gasteiger partial charge in [0.15, 0.2) is 5.78 Å². The molecule has 84 valence electrons. The maximum atomic E-state index is 11.9. The van der Waals surface area contributed by atoms with Gasteiger partial charge in [0.05, 0.1) is 12.0 Å². The summed E-state index contributed by atoms with van der Waals surface area (Å²) < 4.78 is 4.91. The van der Waals surface area contributed by atoms with E-state index in [9.17, 15) is 9.59 Å². The third-order valence-electron chi connectivity index (χ3n) is 3.03. The molecule has 16 heavy (non-hydrogen) atoms. The van der Waals surface area contributed by atoms with Gasteiger partial charge < -0.3 is 4.74 Å². The highest BCUT2D eigenvalue weighted by molar-refractivity contribution is 5.99. The van der Waals surface area contributed by atoms with Gasteiger partial charge in [-0.05, 0) is 13.3 Å². The molecule has 1 unspecified atom stereocenters. The SMILES string of the molecule is CC1(CC(=O)c2ccccc2)CCOC1=O. The largest absolute Gasteiger partial charge is 0.465 e. The number of carbonyl (C=O) groups is 2. The number of benzene rings is 1. The van der Waals surface area contributed by atoms with Crippen molar-refractivity contribution in [1.29, 1.82) is 0 Å². The molecule has 0 saturated carbocycles. The number of hydrogen-bond donors (Lipinski definition) is 0. The van der Waals surface area contributed by atoms with Crippen LogP contribution in [0.5, 0.6) is 0 Å². The molecule has 0 amide bonds. The fourth-order valence-corrected chi connectivity index (χ4v) is 1.89. The van der Waals surface area contributed by atoms with E-state index in [1.807, 2.05) is 18.2 Å². The van der Waals surface area contributed by atoms with Crippen LogP contribution in [0.4, 0.5) is 0 Å². The Kier molecular flexibility index (Phi) is 2.77. The molecule has 1 aromatic carbocycles. The summed E-state index contributed by atoms with van der Waals surface area (Å²) in [7, 11) is 0. The Morgan fingerprint density at radius 2 is 2.06 bits per heavy atom. The number of ether oxygens (including phenoxy) is 1. The van der Waals surface area contributed by atoms with Crippen LogP contribution in [0.3, 0.4) is 0 Å². The average molecular weight is 218 g/mol. The summed E-state index contributed by atoms with van der Waals surface area (Å²) in [5.41, 5.74) is 0.0239. The number of rotatable bonds is 3. The molecule has 1 fully saturated rings. The van der Waals surface area contributed by atoms with E-state index in [2.05, 4.69) is 0 Å². The summed E-state index contributed by atoms with van der Waals surface area (Å²) in [5.74, 6) is -0.251. The Morgan fingerprint density at radius 1 is 1.38 bits per heavy atom. The first-order chi connectivity index (χ1) is 7.62. The molecule has 1 atom stereocenters. The van der Waals surface area contributed by atoms with E-state index in [-0.39, 0.29) is 18.2 Å². The Bertz CT molecular complexity index is 410. The van der Waals surface area contributed by atoms with Crippen LogP contribution in [0.25, 0.3) is 0 Å². The van der Waals surface area contributed by atoms with E-state index in [1.54, 1.807) is 19.1 Å². The van der Waals surface area contributed by atoms with Crippen molar-refractivity contribution in [2.24, 2.45) is 5.41 Å². The Balaban J connectivity index is 2.11. The zero-order valence-corrected chi connectivity index (χ0v) is 9.23. The lowest BCUT2D eigenvalue weighted by atomic mass is 9.82. The normalized spacial score (nSPS) is 24.2. The van der Waals surface area contributed by atoms with Gasteiger partial charge in [0.25, 0.3) is 0 Å². The van der Waals surface area contributed by atoms with Gasteiger partial charge in [-0.1, -0.05) is 30.3 Å². The van der Waals surface area contributed by atoms with Crippen molar-refractivity contribution in [2.45, 2.75) is 19.8 Å². The molecule has 0 spiro atoms. The highest BCUT2D eigenvalue weighted by atomic mass is 16.5. The van der Waals surface area contributed by atoms with Gasteiger partial charge in [-0.25, -0.2) is 0 Å². The van der Waals surface area contributed by atoms with Crippen LogP contribution in [0, 0.1) is 5.41 Å². The van der Waals surface area contributed by atoms with Crippen molar-refractivity contribution in [1.82, 2.24) is 0 Å². The van der Waals surface area contributed by atoms with Gasteiger partial charge in [0.1, 0.15) is 0 Å². The van der Waals surface area contributed by atoms with Crippen LogP contribution >= 0.6 is 0 Å². The first-order valence-corrected chi connectivity index (χ1v) is 5.37. The van der Waals surface area contributed by atoms with Gasteiger partial charge in [-0.3, -0.25) is 9.59 Å². The van der Waals surface area contributed by atoms with Crippen molar-refractivity contribution in [3.05, 3.63) is 35.9 Å². The van der Waals surface area contributed by atoms with Crippen molar-refractivity contribution < 1.29 is 14.3 Å². The molecule has 1 aliphatic heterocycles. The molecule has 3 nitrogen and oxygen atoms in total. The second-order valence-electron chi connectivity index (χ2n) is 4.41. The molecule has 0 bridgehead atoms. The van der Waals surface area contributed by atoms with E-state index in [4.69, 9.17) is 4.74 Å². The molecule has 3 heteroatoms. The number of carbonyl (C=O) groups excluding carboxylic acids is 2.